The SMILES string of the molecule is CNC(C)c1ccc(N(C)CC(C)C#N)cc1O. The van der Waals surface area contributed by atoms with Gasteiger partial charge in [0.25, 0.3) is 0 Å². The van der Waals surface area contributed by atoms with E-state index in [1.165, 1.54) is 0 Å². The molecule has 0 bridgehead atoms. The highest BCUT2D eigenvalue weighted by molar-refractivity contribution is 5.53. The van der Waals surface area contributed by atoms with Crippen molar-refractivity contribution in [3.05, 3.63) is 23.8 Å². The number of hydrogen-bond donors (Lipinski definition) is 2. The molecule has 0 aliphatic heterocycles. The lowest BCUT2D eigenvalue weighted by molar-refractivity contribution is 0.458. The van der Waals surface area contributed by atoms with Crippen LogP contribution in [-0.4, -0.2) is 25.7 Å². The van der Waals surface area contributed by atoms with Gasteiger partial charge >= 0.3 is 0 Å². The van der Waals surface area contributed by atoms with Crippen molar-refractivity contribution in [1.82, 2.24) is 5.32 Å². The van der Waals surface area contributed by atoms with Gasteiger partial charge in [-0.15, -0.1) is 0 Å². The number of anilines is 1. The van der Waals surface area contributed by atoms with Crippen molar-refractivity contribution in [3.8, 4) is 11.8 Å². The van der Waals surface area contributed by atoms with E-state index in [1.54, 1.807) is 6.07 Å². The lowest BCUT2D eigenvalue weighted by Gasteiger charge is -2.22. The van der Waals surface area contributed by atoms with Crippen LogP contribution >= 0.6 is 0 Å². The summed E-state index contributed by atoms with van der Waals surface area (Å²) in [6.45, 7) is 4.53. The van der Waals surface area contributed by atoms with Crippen LogP contribution in [0.5, 0.6) is 5.75 Å². The normalized spacial score (nSPS) is 13.7. The molecule has 0 radical (unpaired) electrons. The summed E-state index contributed by atoms with van der Waals surface area (Å²) in [4.78, 5) is 1.97. The molecule has 0 aromatic heterocycles. The number of phenols is 1. The van der Waals surface area contributed by atoms with Crippen LogP contribution < -0.4 is 10.2 Å². The van der Waals surface area contributed by atoms with Crippen molar-refractivity contribution >= 4 is 5.69 Å². The number of benzene rings is 1. The molecule has 18 heavy (non-hydrogen) atoms. The number of hydrogen-bond acceptors (Lipinski definition) is 4. The minimum absolute atomic E-state index is 0.0342. The largest absolute Gasteiger partial charge is 0.508 e. The number of nitriles is 1. The smallest absolute Gasteiger partial charge is 0.122 e. The van der Waals surface area contributed by atoms with Gasteiger partial charge in [-0.1, -0.05) is 6.07 Å². The van der Waals surface area contributed by atoms with Crippen LogP contribution in [0.25, 0.3) is 0 Å². The highest BCUT2D eigenvalue weighted by Crippen LogP contribution is 2.28. The Morgan fingerprint density at radius 1 is 1.44 bits per heavy atom. The minimum Gasteiger partial charge on any atom is -0.508 e. The summed E-state index contributed by atoms with van der Waals surface area (Å²) in [5.74, 6) is 0.249. The van der Waals surface area contributed by atoms with Crippen molar-refractivity contribution < 1.29 is 5.11 Å². The Kier molecular flexibility index (Phi) is 4.99. The second-order valence-corrected chi connectivity index (χ2v) is 4.66. The van der Waals surface area contributed by atoms with E-state index in [2.05, 4.69) is 11.4 Å². The molecule has 1 aromatic rings. The first-order valence-electron chi connectivity index (χ1n) is 6.10. The lowest BCUT2D eigenvalue weighted by atomic mass is 10.1. The Labute approximate surface area is 109 Å². The van der Waals surface area contributed by atoms with E-state index in [0.29, 0.717) is 6.54 Å². The molecule has 0 saturated carbocycles. The Morgan fingerprint density at radius 2 is 2.11 bits per heavy atom. The summed E-state index contributed by atoms with van der Waals surface area (Å²) >= 11 is 0. The van der Waals surface area contributed by atoms with Gasteiger partial charge in [0.2, 0.25) is 0 Å². The molecule has 1 rings (SSSR count). The first kappa shape index (κ1) is 14.3. The molecule has 4 nitrogen and oxygen atoms in total. The zero-order chi connectivity index (χ0) is 13.7. The maximum absolute atomic E-state index is 10.0. The van der Waals surface area contributed by atoms with Crippen molar-refractivity contribution in [2.24, 2.45) is 5.92 Å². The van der Waals surface area contributed by atoms with Crippen molar-refractivity contribution in [2.45, 2.75) is 19.9 Å². The molecule has 0 aliphatic carbocycles. The molecule has 0 amide bonds. The number of nitrogens with one attached hydrogen (secondary N) is 1. The predicted octanol–water partition coefficient (Wildman–Crippen LogP) is 2.27. The van der Waals surface area contributed by atoms with Gasteiger partial charge in [0, 0.05) is 37.0 Å². The number of rotatable bonds is 5. The van der Waals surface area contributed by atoms with Gasteiger partial charge in [0.15, 0.2) is 0 Å². The predicted molar refractivity (Wildman–Crippen MR) is 73.6 cm³/mol. The Morgan fingerprint density at radius 3 is 2.61 bits per heavy atom. The summed E-state index contributed by atoms with van der Waals surface area (Å²) in [7, 11) is 3.78. The second kappa shape index (κ2) is 6.27. The van der Waals surface area contributed by atoms with E-state index in [1.807, 2.05) is 45.0 Å². The Bertz CT molecular complexity index is 439. The third-order valence-electron chi connectivity index (χ3n) is 3.12. The fourth-order valence-electron chi connectivity index (χ4n) is 1.85. The number of aromatic hydroxyl groups is 1. The molecule has 98 valence electrons. The van der Waals surface area contributed by atoms with Crippen LogP contribution in [0, 0.1) is 17.2 Å². The van der Waals surface area contributed by atoms with Gasteiger partial charge in [-0.2, -0.15) is 5.26 Å². The fraction of sp³-hybridized carbons (Fsp3) is 0.500. The first-order chi connectivity index (χ1) is 8.49. The lowest BCUT2D eigenvalue weighted by Crippen LogP contribution is -2.23. The summed E-state index contributed by atoms with van der Waals surface area (Å²) in [6, 6.07) is 7.94. The second-order valence-electron chi connectivity index (χ2n) is 4.66. The number of phenolic OH excluding ortho intramolecular Hbond substituents is 1. The average molecular weight is 247 g/mol. The maximum atomic E-state index is 10.0. The van der Waals surface area contributed by atoms with Crippen LogP contribution in [0.2, 0.25) is 0 Å². The zero-order valence-electron chi connectivity index (χ0n) is 11.4. The van der Waals surface area contributed by atoms with E-state index in [9.17, 15) is 5.11 Å². The monoisotopic (exact) mass is 247 g/mol. The Balaban J connectivity index is 2.87. The summed E-state index contributed by atoms with van der Waals surface area (Å²) < 4.78 is 0. The van der Waals surface area contributed by atoms with Gasteiger partial charge in [0.05, 0.1) is 12.0 Å². The molecule has 2 N–H and O–H groups in total. The van der Waals surface area contributed by atoms with E-state index >= 15 is 0 Å². The molecule has 0 spiro atoms. The molecule has 2 unspecified atom stereocenters. The van der Waals surface area contributed by atoms with Crippen LogP contribution in [0.15, 0.2) is 18.2 Å². The van der Waals surface area contributed by atoms with Gasteiger partial charge < -0.3 is 15.3 Å². The topological polar surface area (TPSA) is 59.3 Å². The van der Waals surface area contributed by atoms with E-state index in [4.69, 9.17) is 5.26 Å². The van der Waals surface area contributed by atoms with Crippen LogP contribution in [-0.2, 0) is 0 Å². The van der Waals surface area contributed by atoms with Gasteiger partial charge in [-0.3, -0.25) is 0 Å². The van der Waals surface area contributed by atoms with Crippen molar-refractivity contribution in [2.75, 3.05) is 25.5 Å². The molecular formula is C14H21N3O. The van der Waals surface area contributed by atoms with Gasteiger partial charge in [-0.05, 0) is 27.0 Å². The van der Waals surface area contributed by atoms with Gasteiger partial charge in [0.1, 0.15) is 5.75 Å². The third-order valence-corrected chi connectivity index (χ3v) is 3.12. The molecule has 0 aliphatic rings. The van der Waals surface area contributed by atoms with E-state index in [-0.39, 0.29) is 17.7 Å². The molecule has 4 heteroatoms. The van der Waals surface area contributed by atoms with Crippen molar-refractivity contribution in [3.63, 3.8) is 0 Å². The number of nitrogens with zero attached hydrogens (tertiary/aromatic N) is 2. The van der Waals surface area contributed by atoms with Crippen molar-refractivity contribution in [1.29, 1.82) is 5.26 Å². The highest BCUT2D eigenvalue weighted by atomic mass is 16.3. The van der Waals surface area contributed by atoms with E-state index < -0.39 is 0 Å². The summed E-state index contributed by atoms with van der Waals surface area (Å²) in [6.07, 6.45) is 0. The highest BCUT2D eigenvalue weighted by Gasteiger charge is 2.11. The summed E-state index contributed by atoms with van der Waals surface area (Å²) in [5, 5.41) is 21.9. The molecule has 0 fully saturated rings. The van der Waals surface area contributed by atoms with E-state index in [0.717, 1.165) is 11.3 Å². The zero-order valence-corrected chi connectivity index (χ0v) is 11.4. The minimum atomic E-state index is -0.0342. The first-order valence-corrected chi connectivity index (χ1v) is 6.10. The third kappa shape index (κ3) is 3.38. The van der Waals surface area contributed by atoms with Crippen LogP contribution in [0.1, 0.15) is 25.5 Å². The fourth-order valence-corrected chi connectivity index (χ4v) is 1.85. The standard InChI is InChI=1S/C14H21N3O/c1-10(8-15)9-17(4)12-5-6-13(11(2)16-3)14(18)7-12/h5-7,10-11,16,18H,9H2,1-4H3. The molecule has 0 saturated heterocycles. The van der Waals surface area contributed by atoms with Crippen LogP contribution in [0.3, 0.4) is 0 Å². The Hall–Kier alpha value is -1.73. The quantitative estimate of drug-likeness (QED) is 0.838. The molecule has 0 heterocycles. The molecule has 1 aromatic carbocycles. The van der Waals surface area contributed by atoms with Crippen LogP contribution in [0.4, 0.5) is 5.69 Å². The summed E-state index contributed by atoms with van der Waals surface area (Å²) in [5.41, 5.74) is 1.80. The molecule has 2 atom stereocenters. The maximum Gasteiger partial charge on any atom is 0.122 e. The molecular weight excluding hydrogens is 226 g/mol. The average Bonchev–Trinajstić information content (AvgIpc) is 2.37. The van der Waals surface area contributed by atoms with Gasteiger partial charge in [-0.25, -0.2) is 0 Å².